The van der Waals surface area contributed by atoms with Crippen LogP contribution in [0.2, 0.25) is 0 Å². The molecule has 0 saturated carbocycles. The number of nitrogens with zero attached hydrogens (tertiary/aromatic N) is 5. The molecular weight excluding hydrogens is 360 g/mol. The summed E-state index contributed by atoms with van der Waals surface area (Å²) in [6.45, 7) is 4.21. The zero-order valence-corrected chi connectivity index (χ0v) is 15.4. The number of aryl methyl sites for hydroxylation is 1. The van der Waals surface area contributed by atoms with Crippen molar-refractivity contribution >= 4 is 17.2 Å². The van der Waals surface area contributed by atoms with Crippen LogP contribution >= 0.6 is 0 Å². The molecule has 144 valence electrons. The van der Waals surface area contributed by atoms with Gasteiger partial charge in [0.25, 0.3) is 11.2 Å². The lowest BCUT2D eigenvalue weighted by atomic mass is 10.2. The van der Waals surface area contributed by atoms with E-state index in [2.05, 4.69) is 20.2 Å². The molecule has 1 fully saturated rings. The Hall–Kier alpha value is -3.33. The first-order chi connectivity index (χ1) is 13.5. The minimum absolute atomic E-state index is 0.0254. The minimum atomic E-state index is -0.463. The van der Waals surface area contributed by atoms with Crippen LogP contribution in [-0.4, -0.2) is 43.3 Å². The van der Waals surface area contributed by atoms with Gasteiger partial charge in [-0.2, -0.15) is 0 Å². The molecule has 3 aromatic rings. The molecule has 9 nitrogen and oxygen atoms in total. The molecule has 0 spiro atoms. The highest BCUT2D eigenvalue weighted by atomic mass is 16.6. The van der Waals surface area contributed by atoms with E-state index in [1.807, 2.05) is 19.1 Å². The Morgan fingerprint density at radius 2 is 2.21 bits per heavy atom. The Morgan fingerprint density at radius 3 is 2.96 bits per heavy atom. The summed E-state index contributed by atoms with van der Waals surface area (Å²) in [6.07, 6.45) is 3.91. The van der Waals surface area contributed by atoms with Crippen LogP contribution in [0.15, 0.2) is 47.5 Å². The third-order valence-corrected chi connectivity index (χ3v) is 4.91. The van der Waals surface area contributed by atoms with E-state index in [1.165, 1.54) is 12.3 Å². The van der Waals surface area contributed by atoms with Crippen molar-refractivity contribution in [1.82, 2.24) is 19.3 Å². The third-order valence-electron chi connectivity index (χ3n) is 4.91. The number of pyridine rings is 2. The summed E-state index contributed by atoms with van der Waals surface area (Å²) in [5.74, 6) is 0.621. The maximum atomic E-state index is 12.3. The highest BCUT2D eigenvalue weighted by Crippen LogP contribution is 2.18. The third kappa shape index (κ3) is 3.70. The van der Waals surface area contributed by atoms with E-state index < -0.39 is 4.92 Å². The maximum absolute atomic E-state index is 12.3. The second-order valence-electron chi connectivity index (χ2n) is 6.99. The topological polar surface area (TPSA) is 106 Å². The van der Waals surface area contributed by atoms with Gasteiger partial charge < -0.3 is 5.32 Å². The van der Waals surface area contributed by atoms with E-state index in [-0.39, 0.29) is 17.3 Å². The summed E-state index contributed by atoms with van der Waals surface area (Å²) in [5.41, 5.74) is 2.31. The first-order valence-electron chi connectivity index (χ1n) is 9.07. The van der Waals surface area contributed by atoms with Crippen molar-refractivity contribution < 1.29 is 4.92 Å². The van der Waals surface area contributed by atoms with Crippen molar-refractivity contribution in [3.8, 4) is 0 Å². The summed E-state index contributed by atoms with van der Waals surface area (Å²) in [7, 11) is 0. The van der Waals surface area contributed by atoms with Crippen molar-refractivity contribution in [1.29, 1.82) is 0 Å². The SMILES string of the molecule is Cc1cccn2c(=O)cc(CN3CCC(Nc4ccc([N+](=O)[O-])cn4)C3)nc12. The van der Waals surface area contributed by atoms with Crippen LogP contribution in [-0.2, 0) is 6.54 Å². The van der Waals surface area contributed by atoms with Gasteiger partial charge in [-0.05, 0) is 31.0 Å². The monoisotopic (exact) mass is 380 g/mol. The number of rotatable bonds is 5. The maximum Gasteiger partial charge on any atom is 0.287 e. The first kappa shape index (κ1) is 18.1. The zero-order valence-electron chi connectivity index (χ0n) is 15.4. The van der Waals surface area contributed by atoms with Gasteiger partial charge in [0, 0.05) is 44.0 Å². The van der Waals surface area contributed by atoms with Gasteiger partial charge in [0.1, 0.15) is 17.7 Å². The molecular formula is C19H20N6O3. The second kappa shape index (κ2) is 7.35. The van der Waals surface area contributed by atoms with Crippen LogP contribution in [0.25, 0.3) is 5.65 Å². The van der Waals surface area contributed by atoms with E-state index >= 15 is 0 Å². The average molecular weight is 380 g/mol. The van der Waals surface area contributed by atoms with Crippen molar-refractivity contribution in [3.05, 3.63) is 74.5 Å². The molecule has 9 heteroatoms. The lowest BCUT2D eigenvalue weighted by molar-refractivity contribution is -0.385. The zero-order chi connectivity index (χ0) is 19.7. The largest absolute Gasteiger partial charge is 0.366 e. The summed E-state index contributed by atoms with van der Waals surface area (Å²) in [6, 6.07) is 8.63. The standard InChI is InChI=1S/C19H20N6O3/c1-13-3-2-7-24-18(26)9-15(22-19(13)24)12-23-8-6-14(11-23)21-17-5-4-16(10-20-17)25(27)28/h2-5,7,9-10,14H,6,8,11-12H2,1H3,(H,20,21). The van der Waals surface area contributed by atoms with E-state index in [1.54, 1.807) is 22.7 Å². The molecule has 1 unspecified atom stereocenters. The molecule has 0 aromatic carbocycles. The fourth-order valence-corrected chi connectivity index (χ4v) is 3.50. The van der Waals surface area contributed by atoms with Crippen molar-refractivity contribution in [2.24, 2.45) is 0 Å². The normalized spacial score (nSPS) is 17.1. The number of aromatic nitrogens is 3. The molecule has 1 saturated heterocycles. The lowest BCUT2D eigenvalue weighted by Crippen LogP contribution is -2.27. The molecule has 0 amide bonds. The molecule has 0 bridgehead atoms. The lowest BCUT2D eigenvalue weighted by Gasteiger charge is -2.17. The Morgan fingerprint density at radius 1 is 1.36 bits per heavy atom. The fraction of sp³-hybridized carbons (Fsp3) is 0.316. The molecule has 1 N–H and O–H groups in total. The number of hydrogen-bond acceptors (Lipinski definition) is 7. The van der Waals surface area contributed by atoms with Crippen LogP contribution in [0.1, 0.15) is 17.7 Å². The van der Waals surface area contributed by atoms with Gasteiger partial charge in [-0.15, -0.1) is 0 Å². The molecule has 0 radical (unpaired) electrons. The summed E-state index contributed by atoms with van der Waals surface area (Å²) < 4.78 is 1.56. The number of nitro groups is 1. The Balaban J connectivity index is 1.42. The van der Waals surface area contributed by atoms with Gasteiger partial charge in [0.2, 0.25) is 0 Å². The molecule has 1 aliphatic heterocycles. The number of anilines is 1. The summed E-state index contributed by atoms with van der Waals surface area (Å²) >= 11 is 0. The van der Waals surface area contributed by atoms with Crippen molar-refractivity contribution in [3.63, 3.8) is 0 Å². The quantitative estimate of drug-likeness (QED) is 0.533. The molecule has 3 aromatic heterocycles. The fourth-order valence-electron chi connectivity index (χ4n) is 3.50. The molecule has 4 heterocycles. The number of hydrogen-bond donors (Lipinski definition) is 1. The van der Waals surface area contributed by atoms with Crippen molar-refractivity contribution in [2.75, 3.05) is 18.4 Å². The van der Waals surface area contributed by atoms with Crippen LogP contribution < -0.4 is 10.9 Å². The van der Waals surface area contributed by atoms with Crippen LogP contribution in [0.3, 0.4) is 0 Å². The predicted octanol–water partition coefficient (Wildman–Crippen LogP) is 1.99. The smallest absolute Gasteiger partial charge is 0.287 e. The Kier molecular flexibility index (Phi) is 4.74. The second-order valence-corrected chi connectivity index (χ2v) is 6.99. The Bertz CT molecular complexity index is 1080. The van der Waals surface area contributed by atoms with Crippen LogP contribution in [0.4, 0.5) is 11.5 Å². The van der Waals surface area contributed by atoms with Gasteiger partial charge in [0.05, 0.1) is 10.6 Å². The predicted molar refractivity (Wildman–Crippen MR) is 104 cm³/mol. The number of nitrogens with one attached hydrogen (secondary N) is 1. The van der Waals surface area contributed by atoms with E-state index in [0.29, 0.717) is 18.0 Å². The van der Waals surface area contributed by atoms with Gasteiger partial charge in [0.15, 0.2) is 0 Å². The first-order valence-corrected chi connectivity index (χ1v) is 9.07. The van der Waals surface area contributed by atoms with Crippen molar-refractivity contribution in [2.45, 2.75) is 25.9 Å². The Labute approximate surface area is 160 Å². The number of likely N-dealkylation sites (tertiary alicyclic amines) is 1. The van der Waals surface area contributed by atoms with E-state index in [0.717, 1.165) is 30.8 Å². The van der Waals surface area contributed by atoms with Crippen LogP contribution in [0.5, 0.6) is 0 Å². The highest BCUT2D eigenvalue weighted by molar-refractivity contribution is 5.46. The minimum Gasteiger partial charge on any atom is -0.366 e. The molecule has 0 aliphatic carbocycles. The van der Waals surface area contributed by atoms with Gasteiger partial charge in [-0.3, -0.25) is 24.2 Å². The van der Waals surface area contributed by atoms with Gasteiger partial charge in [-0.25, -0.2) is 9.97 Å². The van der Waals surface area contributed by atoms with E-state index in [4.69, 9.17) is 0 Å². The van der Waals surface area contributed by atoms with Gasteiger partial charge in [-0.1, -0.05) is 6.07 Å². The number of fused-ring (bicyclic) bond motifs is 1. The molecule has 1 aliphatic rings. The molecule has 28 heavy (non-hydrogen) atoms. The summed E-state index contributed by atoms with van der Waals surface area (Å²) in [5, 5.41) is 14.0. The molecule has 1 atom stereocenters. The highest BCUT2D eigenvalue weighted by Gasteiger charge is 2.23. The summed E-state index contributed by atoms with van der Waals surface area (Å²) in [4.78, 5) is 33.6. The van der Waals surface area contributed by atoms with E-state index in [9.17, 15) is 14.9 Å². The van der Waals surface area contributed by atoms with Gasteiger partial charge >= 0.3 is 0 Å². The average Bonchev–Trinajstić information content (AvgIpc) is 3.10. The molecule has 4 rings (SSSR count). The van der Waals surface area contributed by atoms with Crippen LogP contribution in [0, 0.1) is 17.0 Å².